The molecule has 14 heavy (non-hydrogen) atoms. The van der Waals surface area contributed by atoms with Gasteiger partial charge in [-0.25, -0.2) is 9.97 Å². The molecule has 0 fully saturated rings. The number of nitrogens with two attached hydrogens (primary N) is 1. The second-order valence-electron chi connectivity index (χ2n) is 3.03. The van der Waals surface area contributed by atoms with Gasteiger partial charge >= 0.3 is 0 Å². The van der Waals surface area contributed by atoms with Crippen molar-refractivity contribution in [1.29, 1.82) is 0 Å². The van der Waals surface area contributed by atoms with Gasteiger partial charge in [0.05, 0.1) is 0 Å². The van der Waals surface area contributed by atoms with Crippen molar-refractivity contribution in [2.45, 2.75) is 0 Å². The minimum absolute atomic E-state index is 0.210. The van der Waals surface area contributed by atoms with E-state index in [1.807, 2.05) is 19.0 Å². The minimum Gasteiger partial charge on any atom is -0.368 e. The van der Waals surface area contributed by atoms with Crippen LogP contribution >= 0.6 is 0 Å². The van der Waals surface area contributed by atoms with E-state index in [2.05, 4.69) is 19.9 Å². The van der Waals surface area contributed by atoms with E-state index in [4.69, 9.17) is 5.73 Å². The van der Waals surface area contributed by atoms with Gasteiger partial charge in [-0.2, -0.15) is 9.97 Å². The van der Waals surface area contributed by atoms with Crippen molar-refractivity contribution in [3.05, 3.63) is 12.4 Å². The number of anilines is 2. The molecule has 0 saturated carbocycles. The zero-order valence-electron chi connectivity index (χ0n) is 7.97. The molecule has 2 N–H and O–H groups in total. The van der Waals surface area contributed by atoms with E-state index in [1.54, 1.807) is 12.4 Å². The molecule has 0 aromatic carbocycles. The summed E-state index contributed by atoms with van der Waals surface area (Å²) in [5.74, 6) is 0.891. The second kappa shape index (κ2) is 3.06. The maximum atomic E-state index is 5.55. The summed E-state index contributed by atoms with van der Waals surface area (Å²) >= 11 is 0. The first-order valence-corrected chi connectivity index (χ1v) is 4.10. The zero-order chi connectivity index (χ0) is 10.1. The summed E-state index contributed by atoms with van der Waals surface area (Å²) in [7, 11) is 3.74. The summed E-state index contributed by atoms with van der Waals surface area (Å²) in [4.78, 5) is 18.1. The van der Waals surface area contributed by atoms with E-state index in [1.165, 1.54) is 0 Å². The van der Waals surface area contributed by atoms with Crippen molar-refractivity contribution in [1.82, 2.24) is 19.9 Å². The maximum Gasteiger partial charge on any atom is 0.224 e. The Morgan fingerprint density at radius 2 is 1.86 bits per heavy atom. The lowest BCUT2D eigenvalue weighted by atomic mass is 10.4. The Morgan fingerprint density at radius 1 is 1.14 bits per heavy atom. The van der Waals surface area contributed by atoms with E-state index in [0.29, 0.717) is 17.0 Å². The number of nitrogens with zero attached hydrogens (tertiary/aromatic N) is 5. The predicted molar refractivity (Wildman–Crippen MR) is 53.9 cm³/mol. The summed E-state index contributed by atoms with van der Waals surface area (Å²) in [6, 6.07) is 0. The summed E-state index contributed by atoms with van der Waals surface area (Å²) in [5, 5.41) is 0. The molecule has 2 aromatic rings. The van der Waals surface area contributed by atoms with Crippen molar-refractivity contribution in [3.8, 4) is 0 Å². The molecule has 6 heteroatoms. The van der Waals surface area contributed by atoms with E-state index in [9.17, 15) is 0 Å². The first-order valence-electron chi connectivity index (χ1n) is 4.10. The molecule has 0 bridgehead atoms. The highest BCUT2D eigenvalue weighted by molar-refractivity contribution is 5.83. The Kier molecular flexibility index (Phi) is 1.88. The highest BCUT2D eigenvalue weighted by atomic mass is 15.2. The molecule has 0 saturated heterocycles. The van der Waals surface area contributed by atoms with Crippen LogP contribution in [0.1, 0.15) is 0 Å². The standard InChI is InChI=1S/C8H10N6/c1-14(2)7-5-6(11-4-3-10-5)12-8(9)13-7/h3-4H,1-2H3,(H2,9,11,12,13). The van der Waals surface area contributed by atoms with Crippen LogP contribution in [-0.4, -0.2) is 34.0 Å². The normalized spacial score (nSPS) is 10.4. The van der Waals surface area contributed by atoms with Gasteiger partial charge in [0.25, 0.3) is 0 Å². The molecule has 2 rings (SSSR count). The third-order valence-corrected chi connectivity index (χ3v) is 1.76. The van der Waals surface area contributed by atoms with Crippen LogP contribution in [0.2, 0.25) is 0 Å². The van der Waals surface area contributed by atoms with Gasteiger partial charge in [-0.1, -0.05) is 0 Å². The Morgan fingerprint density at radius 3 is 2.57 bits per heavy atom. The van der Waals surface area contributed by atoms with E-state index in [0.717, 1.165) is 0 Å². The van der Waals surface area contributed by atoms with Crippen LogP contribution in [0.15, 0.2) is 12.4 Å². The van der Waals surface area contributed by atoms with Crippen molar-refractivity contribution >= 4 is 22.9 Å². The Bertz CT molecular complexity index is 466. The predicted octanol–water partition coefficient (Wildman–Crippen LogP) is 0.0680. The minimum atomic E-state index is 0.210. The first-order chi connectivity index (χ1) is 6.68. The van der Waals surface area contributed by atoms with Crippen LogP contribution in [0.3, 0.4) is 0 Å². The Hall–Kier alpha value is -1.98. The smallest absolute Gasteiger partial charge is 0.224 e. The molecule has 0 aliphatic heterocycles. The SMILES string of the molecule is CN(C)c1nc(N)nc2nccnc12. The summed E-state index contributed by atoms with van der Waals surface area (Å²) in [5.41, 5.74) is 6.72. The topological polar surface area (TPSA) is 80.8 Å². The van der Waals surface area contributed by atoms with Gasteiger partial charge in [-0.3, -0.25) is 0 Å². The quantitative estimate of drug-likeness (QED) is 0.685. The summed E-state index contributed by atoms with van der Waals surface area (Å²) in [6.07, 6.45) is 3.18. The van der Waals surface area contributed by atoms with Gasteiger partial charge in [-0.15, -0.1) is 0 Å². The third kappa shape index (κ3) is 1.30. The molecule has 0 spiro atoms. The molecule has 0 unspecified atom stereocenters. The van der Waals surface area contributed by atoms with Gasteiger partial charge in [0.2, 0.25) is 5.95 Å². The number of fused-ring (bicyclic) bond motifs is 1. The van der Waals surface area contributed by atoms with Crippen LogP contribution in [0.4, 0.5) is 11.8 Å². The van der Waals surface area contributed by atoms with Gasteiger partial charge in [-0.05, 0) is 0 Å². The molecule has 0 aliphatic carbocycles. The molecular formula is C8H10N6. The molecule has 0 amide bonds. The highest BCUT2D eigenvalue weighted by Gasteiger charge is 2.08. The van der Waals surface area contributed by atoms with Crippen LogP contribution in [-0.2, 0) is 0 Å². The molecule has 0 aliphatic rings. The zero-order valence-corrected chi connectivity index (χ0v) is 7.97. The molecule has 2 heterocycles. The van der Waals surface area contributed by atoms with Gasteiger partial charge in [0.15, 0.2) is 17.0 Å². The molecule has 0 radical (unpaired) electrons. The second-order valence-corrected chi connectivity index (χ2v) is 3.03. The number of hydrogen-bond donors (Lipinski definition) is 1. The number of aromatic nitrogens is 4. The summed E-state index contributed by atoms with van der Waals surface area (Å²) < 4.78 is 0. The van der Waals surface area contributed by atoms with Crippen molar-refractivity contribution in [3.63, 3.8) is 0 Å². The number of nitrogen functional groups attached to an aromatic ring is 1. The third-order valence-electron chi connectivity index (χ3n) is 1.76. The monoisotopic (exact) mass is 190 g/mol. The fraction of sp³-hybridized carbons (Fsp3) is 0.250. The molecular weight excluding hydrogens is 180 g/mol. The number of hydrogen-bond acceptors (Lipinski definition) is 6. The van der Waals surface area contributed by atoms with Crippen LogP contribution in [0, 0.1) is 0 Å². The first kappa shape index (κ1) is 8.61. The van der Waals surface area contributed by atoms with Gasteiger partial charge in [0.1, 0.15) is 0 Å². The Labute approximate surface area is 80.8 Å². The molecule has 72 valence electrons. The van der Waals surface area contributed by atoms with Crippen LogP contribution < -0.4 is 10.6 Å². The van der Waals surface area contributed by atoms with Crippen molar-refractivity contribution in [2.75, 3.05) is 24.7 Å². The number of rotatable bonds is 1. The fourth-order valence-electron chi connectivity index (χ4n) is 1.18. The maximum absolute atomic E-state index is 5.55. The Balaban J connectivity index is 2.80. The average Bonchev–Trinajstić information content (AvgIpc) is 2.16. The lowest BCUT2D eigenvalue weighted by Crippen LogP contribution is -2.13. The van der Waals surface area contributed by atoms with E-state index in [-0.39, 0.29) is 5.95 Å². The fourth-order valence-corrected chi connectivity index (χ4v) is 1.18. The van der Waals surface area contributed by atoms with Crippen molar-refractivity contribution in [2.24, 2.45) is 0 Å². The highest BCUT2D eigenvalue weighted by Crippen LogP contribution is 2.18. The molecule has 2 aromatic heterocycles. The summed E-state index contributed by atoms with van der Waals surface area (Å²) in [6.45, 7) is 0. The largest absolute Gasteiger partial charge is 0.368 e. The van der Waals surface area contributed by atoms with Gasteiger partial charge < -0.3 is 10.6 Å². The van der Waals surface area contributed by atoms with Gasteiger partial charge in [0, 0.05) is 26.5 Å². The molecule has 6 nitrogen and oxygen atoms in total. The van der Waals surface area contributed by atoms with Crippen LogP contribution in [0.25, 0.3) is 11.2 Å². The lowest BCUT2D eigenvalue weighted by molar-refractivity contribution is 1.05. The van der Waals surface area contributed by atoms with Crippen LogP contribution in [0.5, 0.6) is 0 Å². The van der Waals surface area contributed by atoms with Crippen molar-refractivity contribution < 1.29 is 0 Å². The van der Waals surface area contributed by atoms with E-state index >= 15 is 0 Å². The lowest BCUT2D eigenvalue weighted by Gasteiger charge is -2.12. The molecule has 0 atom stereocenters. The van der Waals surface area contributed by atoms with E-state index < -0.39 is 0 Å². The average molecular weight is 190 g/mol.